The molecule has 1 aromatic heterocycles. The third-order valence-corrected chi connectivity index (χ3v) is 2.74. The first kappa shape index (κ1) is 15.0. The van der Waals surface area contributed by atoms with Crippen molar-refractivity contribution < 1.29 is 18.0 Å². The molecule has 4 nitrogen and oxygen atoms in total. The third kappa shape index (κ3) is 4.01. The number of aryl methyl sites for hydroxylation is 1. The van der Waals surface area contributed by atoms with E-state index in [1.165, 1.54) is 24.5 Å². The monoisotopic (exact) mass is 295 g/mol. The highest BCUT2D eigenvalue weighted by Crippen LogP contribution is 2.29. The summed E-state index contributed by atoms with van der Waals surface area (Å²) in [5.74, 6) is -0.460. The summed E-state index contributed by atoms with van der Waals surface area (Å²) in [5.41, 5.74) is 0.430. The molecule has 0 spiro atoms. The highest BCUT2D eigenvalue weighted by atomic mass is 19.4. The second kappa shape index (κ2) is 5.90. The van der Waals surface area contributed by atoms with Gasteiger partial charge in [0.25, 0.3) is 5.91 Å². The molecule has 1 aromatic carbocycles. The van der Waals surface area contributed by atoms with Crippen molar-refractivity contribution in [1.82, 2.24) is 15.3 Å². The minimum absolute atomic E-state index is 0.00813. The largest absolute Gasteiger partial charge is 0.416 e. The third-order valence-electron chi connectivity index (χ3n) is 2.74. The molecule has 21 heavy (non-hydrogen) atoms. The van der Waals surface area contributed by atoms with E-state index in [4.69, 9.17) is 0 Å². The normalized spacial score (nSPS) is 11.2. The van der Waals surface area contributed by atoms with Crippen molar-refractivity contribution in [3.8, 4) is 0 Å². The van der Waals surface area contributed by atoms with E-state index in [1.54, 1.807) is 6.92 Å². The number of halogens is 3. The zero-order valence-corrected chi connectivity index (χ0v) is 11.1. The Bertz CT molecular complexity index is 656. The summed E-state index contributed by atoms with van der Waals surface area (Å²) >= 11 is 0. The molecule has 1 N–H and O–H groups in total. The summed E-state index contributed by atoms with van der Waals surface area (Å²) in [5, 5.41) is 2.52. The summed E-state index contributed by atoms with van der Waals surface area (Å²) in [4.78, 5) is 19.5. The summed E-state index contributed by atoms with van der Waals surface area (Å²) < 4.78 is 37.7. The van der Waals surface area contributed by atoms with Crippen molar-refractivity contribution >= 4 is 5.91 Å². The zero-order valence-electron chi connectivity index (χ0n) is 11.1. The van der Waals surface area contributed by atoms with Gasteiger partial charge < -0.3 is 5.32 Å². The average molecular weight is 295 g/mol. The van der Waals surface area contributed by atoms with Gasteiger partial charge in [-0.25, -0.2) is 9.97 Å². The molecule has 0 radical (unpaired) electrons. The molecule has 1 amide bonds. The molecule has 2 aromatic rings. The fourth-order valence-electron chi connectivity index (χ4n) is 1.71. The molecular formula is C14H12F3N3O. The van der Waals surface area contributed by atoms with Crippen LogP contribution in [-0.2, 0) is 12.7 Å². The van der Waals surface area contributed by atoms with Crippen LogP contribution in [0, 0.1) is 6.92 Å². The van der Waals surface area contributed by atoms with Gasteiger partial charge in [-0.15, -0.1) is 0 Å². The Hall–Kier alpha value is -2.44. The van der Waals surface area contributed by atoms with E-state index in [2.05, 4.69) is 15.3 Å². The van der Waals surface area contributed by atoms with E-state index < -0.39 is 17.6 Å². The topological polar surface area (TPSA) is 54.9 Å². The van der Waals surface area contributed by atoms with Gasteiger partial charge in [0.1, 0.15) is 12.0 Å². The standard InChI is InChI=1S/C14H12F3N3O/c1-9-5-12(20-8-19-9)13(21)18-7-10-3-2-4-11(6-10)14(15,16)17/h2-6,8H,7H2,1H3,(H,18,21). The second-order valence-corrected chi connectivity index (χ2v) is 4.43. The van der Waals surface area contributed by atoms with Gasteiger partial charge in [0.15, 0.2) is 0 Å². The quantitative estimate of drug-likeness (QED) is 0.947. The van der Waals surface area contributed by atoms with E-state index >= 15 is 0 Å². The Morgan fingerprint density at radius 3 is 2.67 bits per heavy atom. The first-order chi connectivity index (χ1) is 9.86. The minimum atomic E-state index is -4.40. The fourth-order valence-corrected chi connectivity index (χ4v) is 1.71. The molecular weight excluding hydrogens is 283 g/mol. The molecule has 0 saturated carbocycles. The first-order valence-corrected chi connectivity index (χ1v) is 6.09. The summed E-state index contributed by atoms with van der Waals surface area (Å²) in [6, 6.07) is 6.31. The summed E-state index contributed by atoms with van der Waals surface area (Å²) in [7, 11) is 0. The lowest BCUT2D eigenvalue weighted by molar-refractivity contribution is -0.137. The number of benzene rings is 1. The van der Waals surface area contributed by atoms with Crippen molar-refractivity contribution in [3.63, 3.8) is 0 Å². The molecule has 1 heterocycles. The van der Waals surface area contributed by atoms with Crippen LogP contribution in [0.25, 0.3) is 0 Å². The van der Waals surface area contributed by atoms with E-state index in [9.17, 15) is 18.0 Å². The van der Waals surface area contributed by atoms with Crippen LogP contribution in [-0.4, -0.2) is 15.9 Å². The lowest BCUT2D eigenvalue weighted by Gasteiger charge is -2.09. The van der Waals surface area contributed by atoms with Crippen LogP contribution in [0.4, 0.5) is 13.2 Å². The van der Waals surface area contributed by atoms with Gasteiger partial charge in [-0.05, 0) is 30.7 Å². The zero-order chi connectivity index (χ0) is 15.5. The maximum absolute atomic E-state index is 12.6. The number of aromatic nitrogens is 2. The van der Waals surface area contributed by atoms with Gasteiger partial charge in [0, 0.05) is 12.2 Å². The number of nitrogens with one attached hydrogen (secondary N) is 1. The Labute approximate surface area is 119 Å². The Morgan fingerprint density at radius 1 is 1.24 bits per heavy atom. The number of carbonyl (C=O) groups excluding carboxylic acids is 1. The summed E-state index contributed by atoms with van der Waals surface area (Å²) in [6.45, 7) is 1.71. The molecule has 0 bridgehead atoms. The maximum atomic E-state index is 12.6. The number of carbonyl (C=O) groups is 1. The Kier molecular flexibility index (Phi) is 4.21. The molecule has 0 atom stereocenters. The van der Waals surface area contributed by atoms with E-state index in [-0.39, 0.29) is 12.2 Å². The molecule has 0 unspecified atom stereocenters. The van der Waals surface area contributed by atoms with E-state index in [0.717, 1.165) is 12.1 Å². The number of amides is 1. The van der Waals surface area contributed by atoms with Gasteiger partial charge in [0.05, 0.1) is 5.56 Å². The molecule has 0 aliphatic rings. The van der Waals surface area contributed by atoms with Crippen LogP contribution in [0.3, 0.4) is 0 Å². The maximum Gasteiger partial charge on any atom is 0.416 e. The van der Waals surface area contributed by atoms with Crippen molar-refractivity contribution in [2.75, 3.05) is 0 Å². The fraction of sp³-hybridized carbons (Fsp3) is 0.214. The average Bonchev–Trinajstić information content (AvgIpc) is 2.44. The molecule has 0 saturated heterocycles. The van der Waals surface area contributed by atoms with Crippen molar-refractivity contribution in [3.05, 3.63) is 59.2 Å². The van der Waals surface area contributed by atoms with Crippen LogP contribution in [0.5, 0.6) is 0 Å². The molecule has 7 heteroatoms. The number of hydrogen-bond acceptors (Lipinski definition) is 3. The Morgan fingerprint density at radius 2 is 2.00 bits per heavy atom. The van der Waals surface area contributed by atoms with Gasteiger partial charge in [-0.3, -0.25) is 4.79 Å². The molecule has 110 valence electrons. The predicted octanol–water partition coefficient (Wildman–Crippen LogP) is 2.73. The van der Waals surface area contributed by atoms with Gasteiger partial charge in [-0.2, -0.15) is 13.2 Å². The highest BCUT2D eigenvalue weighted by Gasteiger charge is 2.30. The number of alkyl halides is 3. The molecule has 0 aliphatic carbocycles. The SMILES string of the molecule is Cc1cc(C(=O)NCc2cccc(C(F)(F)F)c2)ncn1. The molecule has 0 fully saturated rings. The van der Waals surface area contributed by atoms with Crippen LogP contribution >= 0.6 is 0 Å². The van der Waals surface area contributed by atoms with Crippen LogP contribution in [0.15, 0.2) is 36.7 Å². The smallest absolute Gasteiger partial charge is 0.347 e. The van der Waals surface area contributed by atoms with Crippen LogP contribution in [0.2, 0.25) is 0 Å². The molecule has 2 rings (SSSR count). The van der Waals surface area contributed by atoms with Crippen molar-refractivity contribution in [2.24, 2.45) is 0 Å². The molecule has 0 aliphatic heterocycles. The lowest BCUT2D eigenvalue weighted by atomic mass is 10.1. The lowest BCUT2D eigenvalue weighted by Crippen LogP contribution is -2.24. The Balaban J connectivity index is 2.05. The first-order valence-electron chi connectivity index (χ1n) is 6.09. The van der Waals surface area contributed by atoms with Crippen LogP contribution < -0.4 is 5.32 Å². The second-order valence-electron chi connectivity index (χ2n) is 4.43. The van der Waals surface area contributed by atoms with Crippen molar-refractivity contribution in [2.45, 2.75) is 19.6 Å². The number of hydrogen-bond donors (Lipinski definition) is 1. The summed E-state index contributed by atoms with van der Waals surface area (Å²) in [6.07, 6.45) is -3.14. The predicted molar refractivity (Wildman–Crippen MR) is 69.4 cm³/mol. The van der Waals surface area contributed by atoms with Gasteiger partial charge in [-0.1, -0.05) is 12.1 Å². The number of nitrogens with zero attached hydrogens (tertiary/aromatic N) is 2. The van der Waals surface area contributed by atoms with E-state index in [1.807, 2.05) is 0 Å². The van der Waals surface area contributed by atoms with Gasteiger partial charge >= 0.3 is 6.18 Å². The van der Waals surface area contributed by atoms with E-state index in [0.29, 0.717) is 11.3 Å². The van der Waals surface area contributed by atoms with Crippen LogP contribution in [0.1, 0.15) is 27.3 Å². The van der Waals surface area contributed by atoms with Gasteiger partial charge in [0.2, 0.25) is 0 Å². The minimum Gasteiger partial charge on any atom is -0.347 e. The number of rotatable bonds is 3. The van der Waals surface area contributed by atoms with Crippen molar-refractivity contribution in [1.29, 1.82) is 0 Å². The highest BCUT2D eigenvalue weighted by molar-refractivity contribution is 5.92.